The summed E-state index contributed by atoms with van der Waals surface area (Å²) >= 11 is 2.05. The van der Waals surface area contributed by atoms with E-state index in [4.69, 9.17) is 0 Å². The van der Waals surface area contributed by atoms with Crippen LogP contribution < -0.4 is 15.1 Å². The summed E-state index contributed by atoms with van der Waals surface area (Å²) in [7, 11) is 1.73. The van der Waals surface area contributed by atoms with Crippen molar-refractivity contribution in [1.82, 2.24) is 10.2 Å². The standard InChI is InChI=1S/C21H32N4OS/c1-21(2)12-16-13-24(20(26)22-3)15-19(21)25(14-16)18-6-4-17(5-7-18)23-8-10-27-11-9-23/h4-7,16,19H,8-15H2,1-3H3,(H,22,26). The van der Waals surface area contributed by atoms with E-state index in [2.05, 4.69) is 53.2 Å². The lowest BCUT2D eigenvalue weighted by molar-refractivity contribution is 0.188. The normalized spacial score (nSPS) is 27.4. The maximum Gasteiger partial charge on any atom is 0.317 e. The van der Waals surface area contributed by atoms with Gasteiger partial charge in [0.15, 0.2) is 0 Å². The van der Waals surface area contributed by atoms with Crippen LogP contribution >= 0.6 is 11.8 Å². The molecule has 2 atom stereocenters. The molecule has 4 fully saturated rings. The number of benzene rings is 1. The largest absolute Gasteiger partial charge is 0.370 e. The molecule has 4 aliphatic heterocycles. The van der Waals surface area contributed by atoms with Crippen molar-refractivity contribution in [1.29, 1.82) is 0 Å². The van der Waals surface area contributed by atoms with Gasteiger partial charge in [0.05, 0.1) is 6.04 Å². The second-order valence-corrected chi connectivity index (χ2v) is 10.0. The van der Waals surface area contributed by atoms with Gasteiger partial charge in [0.25, 0.3) is 0 Å². The van der Waals surface area contributed by atoms with Crippen LogP contribution in [0.5, 0.6) is 0 Å². The SMILES string of the molecule is CNC(=O)N1CC2CN(c3ccc(N4CCSCC4)cc3)C(C1)C(C)(C)C2. The minimum Gasteiger partial charge on any atom is -0.370 e. The van der Waals surface area contributed by atoms with Crippen LogP contribution in [0.15, 0.2) is 24.3 Å². The van der Waals surface area contributed by atoms with Gasteiger partial charge in [0.2, 0.25) is 0 Å². The molecular weight excluding hydrogens is 356 g/mol. The van der Waals surface area contributed by atoms with E-state index in [1.54, 1.807) is 7.05 Å². The minimum atomic E-state index is 0.0582. The van der Waals surface area contributed by atoms with Gasteiger partial charge in [0, 0.05) is 62.7 Å². The highest BCUT2D eigenvalue weighted by molar-refractivity contribution is 7.99. The van der Waals surface area contributed by atoms with Crippen LogP contribution in [-0.4, -0.2) is 68.3 Å². The molecule has 0 spiro atoms. The molecule has 2 bridgehead atoms. The van der Waals surface area contributed by atoms with Crippen LogP contribution in [0.1, 0.15) is 20.3 Å². The van der Waals surface area contributed by atoms with Crippen molar-refractivity contribution in [3.63, 3.8) is 0 Å². The zero-order chi connectivity index (χ0) is 19.0. The first-order valence-corrected chi connectivity index (χ1v) is 11.3. The number of nitrogens with one attached hydrogen (secondary N) is 1. The van der Waals surface area contributed by atoms with E-state index in [0.29, 0.717) is 12.0 Å². The van der Waals surface area contributed by atoms with E-state index in [-0.39, 0.29) is 11.4 Å². The number of thioether (sulfide) groups is 1. The number of nitrogens with zero attached hydrogens (tertiary/aromatic N) is 3. The summed E-state index contributed by atoms with van der Waals surface area (Å²) in [5.74, 6) is 2.97. The predicted octanol–water partition coefficient (Wildman–Crippen LogP) is 3.12. The molecule has 27 heavy (non-hydrogen) atoms. The molecule has 1 aromatic rings. The third-order valence-corrected chi connectivity index (χ3v) is 7.42. The summed E-state index contributed by atoms with van der Waals surface area (Å²) in [6, 6.07) is 9.56. The van der Waals surface area contributed by atoms with Crippen molar-refractivity contribution in [2.75, 3.05) is 61.1 Å². The van der Waals surface area contributed by atoms with E-state index < -0.39 is 0 Å². The number of fused-ring (bicyclic) bond motifs is 4. The van der Waals surface area contributed by atoms with Gasteiger partial charge in [-0.05, 0) is 42.0 Å². The fourth-order valence-electron chi connectivity index (χ4n) is 5.12. The van der Waals surface area contributed by atoms with Gasteiger partial charge >= 0.3 is 6.03 Å². The Morgan fingerprint density at radius 3 is 2.41 bits per heavy atom. The predicted molar refractivity (Wildman–Crippen MR) is 115 cm³/mol. The molecule has 0 aliphatic carbocycles. The molecule has 4 saturated heterocycles. The van der Waals surface area contributed by atoms with Gasteiger partial charge in [0.1, 0.15) is 0 Å². The van der Waals surface area contributed by atoms with Crippen LogP contribution in [0.3, 0.4) is 0 Å². The van der Waals surface area contributed by atoms with E-state index in [1.807, 2.05) is 16.7 Å². The molecule has 4 heterocycles. The first kappa shape index (κ1) is 18.8. The van der Waals surface area contributed by atoms with Crippen LogP contribution in [0.25, 0.3) is 0 Å². The zero-order valence-electron chi connectivity index (χ0n) is 16.8. The third-order valence-electron chi connectivity index (χ3n) is 6.48. The molecule has 5 nitrogen and oxygen atoms in total. The quantitative estimate of drug-likeness (QED) is 0.845. The van der Waals surface area contributed by atoms with Gasteiger partial charge in [-0.1, -0.05) is 13.8 Å². The summed E-state index contributed by atoms with van der Waals surface area (Å²) in [4.78, 5) is 19.4. The van der Waals surface area contributed by atoms with Crippen molar-refractivity contribution in [3.8, 4) is 0 Å². The highest BCUT2D eigenvalue weighted by atomic mass is 32.2. The van der Waals surface area contributed by atoms with Crippen molar-refractivity contribution < 1.29 is 4.79 Å². The van der Waals surface area contributed by atoms with Gasteiger partial charge in [-0.2, -0.15) is 11.8 Å². The molecule has 2 unspecified atom stereocenters. The number of carbonyl (C=O) groups excluding carboxylic acids is 1. The van der Waals surface area contributed by atoms with Crippen LogP contribution in [0.2, 0.25) is 0 Å². The topological polar surface area (TPSA) is 38.8 Å². The Bertz CT molecular complexity index is 671. The van der Waals surface area contributed by atoms with Crippen molar-refractivity contribution in [2.24, 2.45) is 11.3 Å². The molecule has 148 valence electrons. The van der Waals surface area contributed by atoms with Crippen LogP contribution in [-0.2, 0) is 0 Å². The van der Waals surface area contributed by atoms with E-state index in [9.17, 15) is 4.79 Å². The van der Waals surface area contributed by atoms with Gasteiger partial charge in [-0.15, -0.1) is 0 Å². The maximum atomic E-state index is 12.3. The number of piperidine rings is 1. The van der Waals surface area contributed by atoms with Gasteiger partial charge in [-0.3, -0.25) is 0 Å². The fourth-order valence-corrected chi connectivity index (χ4v) is 6.02. The Morgan fingerprint density at radius 1 is 1.07 bits per heavy atom. The fraction of sp³-hybridized carbons (Fsp3) is 0.667. The van der Waals surface area contributed by atoms with E-state index >= 15 is 0 Å². The number of urea groups is 1. The number of hydrogen-bond donors (Lipinski definition) is 1. The molecule has 2 amide bonds. The first-order chi connectivity index (χ1) is 13.0. The van der Waals surface area contributed by atoms with Gasteiger partial charge in [-0.25, -0.2) is 4.79 Å². The Labute approximate surface area is 167 Å². The highest BCUT2D eigenvalue weighted by Gasteiger charge is 2.46. The molecule has 4 aliphatic rings. The molecule has 0 radical (unpaired) electrons. The van der Waals surface area contributed by atoms with Crippen LogP contribution in [0.4, 0.5) is 16.2 Å². The molecule has 1 aromatic carbocycles. The Kier molecular flexibility index (Phi) is 5.19. The summed E-state index contributed by atoms with van der Waals surface area (Å²) in [5.41, 5.74) is 2.84. The number of amides is 2. The lowest BCUT2D eigenvalue weighted by Gasteiger charge is -2.48. The smallest absolute Gasteiger partial charge is 0.317 e. The summed E-state index contributed by atoms with van der Waals surface area (Å²) in [6.07, 6.45) is 1.19. The second kappa shape index (κ2) is 7.46. The number of carbonyl (C=O) groups is 1. The average Bonchev–Trinajstić information content (AvgIpc) is 2.95. The third kappa shape index (κ3) is 3.73. The average molecular weight is 389 g/mol. The molecule has 5 rings (SSSR count). The van der Waals surface area contributed by atoms with E-state index in [0.717, 1.165) is 32.7 Å². The van der Waals surface area contributed by atoms with Crippen molar-refractivity contribution in [2.45, 2.75) is 26.3 Å². The minimum absolute atomic E-state index is 0.0582. The summed E-state index contributed by atoms with van der Waals surface area (Å²) in [5, 5.41) is 2.82. The molecule has 6 heteroatoms. The number of rotatable bonds is 2. The Balaban J connectivity index is 1.56. The second-order valence-electron chi connectivity index (χ2n) is 8.80. The van der Waals surface area contributed by atoms with Crippen molar-refractivity contribution in [3.05, 3.63) is 24.3 Å². The Hall–Kier alpha value is -1.56. The molecule has 0 saturated carbocycles. The molecule has 0 aromatic heterocycles. The maximum absolute atomic E-state index is 12.3. The Morgan fingerprint density at radius 2 is 1.74 bits per heavy atom. The highest BCUT2D eigenvalue weighted by Crippen LogP contribution is 2.43. The molecular formula is C21H32N4OS. The van der Waals surface area contributed by atoms with Gasteiger partial charge < -0.3 is 20.0 Å². The lowest BCUT2D eigenvalue weighted by Crippen LogP contribution is -2.54. The summed E-state index contributed by atoms with van der Waals surface area (Å²) in [6.45, 7) is 9.72. The molecule has 1 N–H and O–H groups in total. The monoisotopic (exact) mass is 388 g/mol. The number of anilines is 2. The van der Waals surface area contributed by atoms with Crippen LogP contribution in [0, 0.1) is 11.3 Å². The zero-order valence-corrected chi connectivity index (χ0v) is 17.6. The van der Waals surface area contributed by atoms with Crippen molar-refractivity contribution >= 4 is 29.2 Å². The first-order valence-electron chi connectivity index (χ1n) is 10.1. The number of hydrogen-bond acceptors (Lipinski definition) is 4. The lowest BCUT2D eigenvalue weighted by atomic mass is 9.73. The summed E-state index contributed by atoms with van der Waals surface area (Å²) < 4.78 is 0. The van der Waals surface area contributed by atoms with E-state index in [1.165, 1.54) is 29.3 Å².